The van der Waals surface area contributed by atoms with Crippen molar-refractivity contribution in [3.05, 3.63) is 0 Å². The predicted octanol–water partition coefficient (Wildman–Crippen LogP) is 2.98. The Morgan fingerprint density at radius 1 is 1.12 bits per heavy atom. The SMILES string of the molecule is CNC(CCOCCC(C)C)CC(F)(F)F. The zero-order valence-electron chi connectivity index (χ0n) is 10.2. The van der Waals surface area contributed by atoms with Crippen molar-refractivity contribution in [3.8, 4) is 0 Å². The highest BCUT2D eigenvalue weighted by molar-refractivity contribution is 4.68. The van der Waals surface area contributed by atoms with E-state index >= 15 is 0 Å². The molecule has 0 fully saturated rings. The number of nitrogens with one attached hydrogen (secondary N) is 1. The van der Waals surface area contributed by atoms with Gasteiger partial charge in [0, 0.05) is 19.3 Å². The summed E-state index contributed by atoms with van der Waals surface area (Å²) in [5.41, 5.74) is 0. The van der Waals surface area contributed by atoms with Crippen LogP contribution in [-0.2, 0) is 4.74 Å². The van der Waals surface area contributed by atoms with Gasteiger partial charge in [0.1, 0.15) is 0 Å². The van der Waals surface area contributed by atoms with E-state index in [0.717, 1.165) is 6.42 Å². The van der Waals surface area contributed by atoms with E-state index in [1.54, 1.807) is 7.05 Å². The molecule has 2 nitrogen and oxygen atoms in total. The van der Waals surface area contributed by atoms with Crippen LogP contribution in [0, 0.1) is 5.92 Å². The Labute approximate surface area is 95.5 Å². The van der Waals surface area contributed by atoms with Crippen molar-refractivity contribution >= 4 is 0 Å². The van der Waals surface area contributed by atoms with Crippen LogP contribution in [-0.4, -0.2) is 32.5 Å². The molecule has 0 amide bonds. The summed E-state index contributed by atoms with van der Waals surface area (Å²) >= 11 is 0. The minimum Gasteiger partial charge on any atom is -0.381 e. The van der Waals surface area contributed by atoms with Crippen molar-refractivity contribution < 1.29 is 17.9 Å². The average Bonchev–Trinajstić information content (AvgIpc) is 2.13. The van der Waals surface area contributed by atoms with Gasteiger partial charge in [0.2, 0.25) is 0 Å². The molecule has 1 atom stereocenters. The van der Waals surface area contributed by atoms with Gasteiger partial charge >= 0.3 is 6.18 Å². The second-order valence-corrected chi connectivity index (χ2v) is 4.39. The van der Waals surface area contributed by atoms with Gasteiger partial charge in [-0.05, 0) is 25.8 Å². The highest BCUT2D eigenvalue weighted by Gasteiger charge is 2.30. The molecular weight excluding hydrogens is 219 g/mol. The second-order valence-electron chi connectivity index (χ2n) is 4.39. The summed E-state index contributed by atoms with van der Waals surface area (Å²) in [5.74, 6) is 0.565. The maximum absolute atomic E-state index is 12.1. The fraction of sp³-hybridized carbons (Fsp3) is 1.00. The molecule has 0 saturated heterocycles. The molecular formula is C11H22F3NO. The number of ether oxygens (including phenoxy) is 1. The predicted molar refractivity (Wildman–Crippen MR) is 58.4 cm³/mol. The topological polar surface area (TPSA) is 21.3 Å². The maximum Gasteiger partial charge on any atom is 0.390 e. The van der Waals surface area contributed by atoms with Crippen LogP contribution in [0.5, 0.6) is 0 Å². The van der Waals surface area contributed by atoms with Gasteiger partial charge in [-0.25, -0.2) is 0 Å². The third-order valence-electron chi connectivity index (χ3n) is 2.34. The molecule has 16 heavy (non-hydrogen) atoms. The number of hydrogen-bond acceptors (Lipinski definition) is 2. The van der Waals surface area contributed by atoms with E-state index in [9.17, 15) is 13.2 Å². The Bertz CT molecular complexity index is 171. The third kappa shape index (κ3) is 10.2. The Hall–Kier alpha value is -0.290. The fourth-order valence-electron chi connectivity index (χ4n) is 1.27. The van der Waals surface area contributed by atoms with Crippen LogP contribution in [0.3, 0.4) is 0 Å². The molecule has 98 valence electrons. The first-order chi connectivity index (χ1) is 7.35. The zero-order valence-corrected chi connectivity index (χ0v) is 10.2. The summed E-state index contributed by atoms with van der Waals surface area (Å²) < 4.78 is 41.6. The van der Waals surface area contributed by atoms with Gasteiger partial charge in [-0.1, -0.05) is 13.8 Å². The van der Waals surface area contributed by atoms with Crippen molar-refractivity contribution in [2.45, 2.75) is 45.3 Å². The van der Waals surface area contributed by atoms with E-state index in [1.807, 2.05) is 0 Å². The lowest BCUT2D eigenvalue weighted by molar-refractivity contribution is -0.140. The molecule has 0 spiro atoms. The molecule has 0 rings (SSSR count). The molecule has 0 saturated carbocycles. The van der Waals surface area contributed by atoms with Gasteiger partial charge in [0.05, 0.1) is 6.42 Å². The lowest BCUT2D eigenvalue weighted by atomic mass is 10.1. The zero-order chi connectivity index (χ0) is 12.6. The minimum atomic E-state index is -4.11. The smallest absolute Gasteiger partial charge is 0.381 e. The maximum atomic E-state index is 12.1. The molecule has 5 heteroatoms. The van der Waals surface area contributed by atoms with Gasteiger partial charge in [-0.3, -0.25) is 0 Å². The van der Waals surface area contributed by atoms with Crippen LogP contribution in [0.1, 0.15) is 33.1 Å². The largest absolute Gasteiger partial charge is 0.390 e. The highest BCUT2D eigenvalue weighted by atomic mass is 19.4. The van der Waals surface area contributed by atoms with Gasteiger partial charge in [0.25, 0.3) is 0 Å². The summed E-state index contributed by atoms with van der Waals surface area (Å²) in [5, 5.41) is 2.66. The molecule has 0 aromatic rings. The second kappa shape index (κ2) is 7.90. The third-order valence-corrected chi connectivity index (χ3v) is 2.34. The van der Waals surface area contributed by atoms with Crippen molar-refractivity contribution in [2.24, 2.45) is 5.92 Å². The summed E-state index contributed by atoms with van der Waals surface area (Å²) in [6, 6.07) is -0.543. The molecule has 0 heterocycles. The highest BCUT2D eigenvalue weighted by Crippen LogP contribution is 2.22. The Morgan fingerprint density at radius 2 is 1.69 bits per heavy atom. The number of halogens is 3. The van der Waals surface area contributed by atoms with E-state index in [4.69, 9.17) is 4.74 Å². The van der Waals surface area contributed by atoms with Gasteiger partial charge in [0.15, 0.2) is 0 Å². The summed E-state index contributed by atoms with van der Waals surface area (Å²) in [7, 11) is 1.55. The Kier molecular flexibility index (Phi) is 7.76. The van der Waals surface area contributed by atoms with Gasteiger partial charge in [-0.2, -0.15) is 13.2 Å². The number of alkyl halides is 3. The van der Waals surface area contributed by atoms with E-state index in [0.29, 0.717) is 25.6 Å². The normalized spacial score (nSPS) is 14.4. The van der Waals surface area contributed by atoms with E-state index in [2.05, 4.69) is 19.2 Å². The van der Waals surface area contributed by atoms with Crippen LogP contribution in [0.15, 0.2) is 0 Å². The summed E-state index contributed by atoms with van der Waals surface area (Å²) in [4.78, 5) is 0. The van der Waals surface area contributed by atoms with Crippen LogP contribution >= 0.6 is 0 Å². The lowest BCUT2D eigenvalue weighted by Gasteiger charge is -2.18. The van der Waals surface area contributed by atoms with E-state index in [1.165, 1.54) is 0 Å². The van der Waals surface area contributed by atoms with Gasteiger partial charge in [-0.15, -0.1) is 0 Å². The van der Waals surface area contributed by atoms with Crippen molar-refractivity contribution in [3.63, 3.8) is 0 Å². The van der Waals surface area contributed by atoms with Gasteiger partial charge < -0.3 is 10.1 Å². The Morgan fingerprint density at radius 3 is 2.12 bits per heavy atom. The van der Waals surface area contributed by atoms with Crippen LogP contribution in [0.25, 0.3) is 0 Å². The fourth-order valence-corrected chi connectivity index (χ4v) is 1.27. The van der Waals surface area contributed by atoms with Crippen LogP contribution in [0.2, 0.25) is 0 Å². The number of rotatable bonds is 8. The van der Waals surface area contributed by atoms with Crippen molar-refractivity contribution in [2.75, 3.05) is 20.3 Å². The standard InChI is InChI=1S/C11H22F3NO/c1-9(2)4-6-16-7-5-10(15-3)8-11(12,13)14/h9-10,15H,4-8H2,1-3H3. The molecule has 0 radical (unpaired) electrons. The summed E-state index contributed by atoms with van der Waals surface area (Å²) in [6.07, 6.45) is -3.56. The molecule has 0 aromatic heterocycles. The first kappa shape index (κ1) is 15.7. The quantitative estimate of drug-likeness (QED) is 0.660. The van der Waals surface area contributed by atoms with Crippen LogP contribution in [0.4, 0.5) is 13.2 Å². The molecule has 1 unspecified atom stereocenters. The van der Waals surface area contributed by atoms with Crippen LogP contribution < -0.4 is 5.32 Å². The molecule has 0 aromatic carbocycles. The van der Waals surface area contributed by atoms with Crippen molar-refractivity contribution in [1.82, 2.24) is 5.32 Å². The summed E-state index contributed by atoms with van der Waals surface area (Å²) in [6.45, 7) is 5.18. The average molecular weight is 241 g/mol. The first-order valence-corrected chi connectivity index (χ1v) is 5.67. The molecule has 0 aliphatic carbocycles. The first-order valence-electron chi connectivity index (χ1n) is 5.67. The van der Waals surface area contributed by atoms with E-state index < -0.39 is 18.6 Å². The van der Waals surface area contributed by atoms with Crippen molar-refractivity contribution in [1.29, 1.82) is 0 Å². The molecule has 0 aliphatic rings. The molecule has 0 aliphatic heterocycles. The Balaban J connectivity index is 3.56. The number of hydrogen-bond donors (Lipinski definition) is 1. The van der Waals surface area contributed by atoms with E-state index in [-0.39, 0.29) is 0 Å². The molecule has 0 bridgehead atoms. The monoisotopic (exact) mass is 241 g/mol. The molecule has 1 N–H and O–H groups in total. The lowest BCUT2D eigenvalue weighted by Crippen LogP contribution is -2.32. The minimum absolute atomic E-state index is 0.383.